The molecule has 0 aromatic heterocycles. The Morgan fingerprint density at radius 3 is 0.319 bits per heavy atom. The Hall–Kier alpha value is -14.8. The van der Waals surface area contributed by atoms with Crippen molar-refractivity contribution in [3.05, 3.63) is 416 Å². The van der Waals surface area contributed by atoms with Crippen LogP contribution >= 0.6 is 0 Å². The first-order valence-electron chi connectivity index (χ1n) is 42.6. The van der Waals surface area contributed by atoms with Gasteiger partial charge in [0.15, 0.2) is 0 Å². The second-order valence-corrected chi connectivity index (χ2v) is 42.1. The second kappa shape index (κ2) is 33.8. The van der Waals surface area contributed by atoms with Crippen molar-refractivity contribution in [1.82, 2.24) is 0 Å². The summed E-state index contributed by atoms with van der Waals surface area (Å²) < 4.78 is 533. The van der Waals surface area contributed by atoms with Crippen LogP contribution in [-0.4, -0.2) is 0 Å². The fourth-order valence-electron chi connectivity index (χ4n) is 19.5. The molecule has 0 amide bonds. The van der Waals surface area contributed by atoms with Gasteiger partial charge in [0.1, 0.15) is 0 Å². The Morgan fingerprint density at radius 2 is 0.199 bits per heavy atom. The zero-order valence-electron chi connectivity index (χ0n) is 73.4. The third kappa shape index (κ3) is 13.4. The summed E-state index contributed by atoms with van der Waals surface area (Å²) in [6.07, 6.45) is 0. The van der Waals surface area contributed by atoms with E-state index in [2.05, 4.69) is 0 Å². The van der Waals surface area contributed by atoms with Crippen molar-refractivity contribution in [2.75, 3.05) is 0 Å². The second-order valence-electron chi connectivity index (χ2n) is 34.5. The molecule has 20 aromatic carbocycles. The van der Waals surface area contributed by atoms with Crippen LogP contribution in [0.5, 0.6) is 0 Å². The van der Waals surface area contributed by atoms with Gasteiger partial charge < -0.3 is 0 Å². The quantitative estimate of drug-likeness (QED) is 0.0376. The summed E-state index contributed by atoms with van der Waals surface area (Å²) in [6.45, 7) is 10.7. The monoisotopic (exact) mass is 2060 g/mol. The summed E-state index contributed by atoms with van der Waals surface area (Å²) in [5, 5.41) is -35.0. The molecular formula is C112H56F28I-. The first-order valence-corrected chi connectivity index (χ1v) is 46.9. The fourth-order valence-corrected chi connectivity index (χ4v) is 31.9. The summed E-state index contributed by atoms with van der Waals surface area (Å²) in [5.41, 5.74) is -17.7. The zero-order valence-corrected chi connectivity index (χ0v) is 75.6. The van der Waals surface area contributed by atoms with E-state index in [-0.39, 0.29) is 44.5 Å². The summed E-state index contributed by atoms with van der Waals surface area (Å²) in [7, 11) is 0. The predicted octanol–water partition coefficient (Wildman–Crippen LogP) is 31.5. The molecule has 0 aliphatic carbocycles. The summed E-state index contributed by atoms with van der Waals surface area (Å²) in [4.78, 5) is 0. The van der Waals surface area contributed by atoms with Gasteiger partial charge in [-0.2, -0.15) is 0 Å². The molecule has 0 aliphatic rings. The van der Waals surface area contributed by atoms with E-state index >= 15 is 123 Å². The summed E-state index contributed by atoms with van der Waals surface area (Å²) in [6, 6.07) is 31.3. The van der Waals surface area contributed by atoms with Crippen molar-refractivity contribution >= 4 is 86.2 Å². The maximum atomic E-state index is 22.4. The maximum absolute atomic E-state index is 22.4. The minimum absolute atomic E-state index is 0.0721. The van der Waals surface area contributed by atoms with Gasteiger partial charge in [-0.15, -0.1) is 0 Å². The van der Waals surface area contributed by atoms with Crippen LogP contribution in [0.2, 0.25) is 0 Å². The number of hydrogen-bond donors (Lipinski definition) is 0. The molecule has 0 radical (unpaired) electrons. The molecule has 0 saturated carbocycles. The molecule has 0 unspecified atom stereocenters. The van der Waals surface area contributed by atoms with E-state index in [0.29, 0.717) is 0 Å². The molecule has 0 heterocycles. The molecule has 0 aliphatic heterocycles. The number of hydrogen-bond acceptors (Lipinski definition) is 0. The van der Waals surface area contributed by atoms with Gasteiger partial charge in [0.25, 0.3) is 0 Å². The molecule has 0 nitrogen and oxygen atoms in total. The minimum atomic E-state index is -10.9. The Morgan fingerprint density at radius 1 is 0.106 bits per heavy atom. The summed E-state index contributed by atoms with van der Waals surface area (Å²) in [5.74, 6) is -86.4. The van der Waals surface area contributed by atoms with E-state index in [0.717, 1.165) is 194 Å². The number of halogens is 29. The third-order valence-corrected chi connectivity index (χ3v) is 36.5. The zero-order chi connectivity index (χ0) is 101. The first kappa shape index (κ1) is 93.9. The molecule has 0 N–H and O–H groups in total. The van der Waals surface area contributed by atoms with Crippen LogP contribution in [-0.2, 0) is 0 Å². The van der Waals surface area contributed by atoms with Crippen LogP contribution in [0.1, 0.15) is 44.5 Å². The van der Waals surface area contributed by atoms with Gasteiger partial charge in [0.2, 0.25) is 0 Å². The summed E-state index contributed by atoms with van der Waals surface area (Å²) >= 11 is -10.9. The normalized spacial score (nSPS) is 12.2. The molecule has 29 heteroatoms. The van der Waals surface area contributed by atoms with E-state index in [1.165, 1.54) is 55.4 Å². The van der Waals surface area contributed by atoms with Gasteiger partial charge in [-0.1, -0.05) is 0 Å². The third-order valence-electron chi connectivity index (χ3n) is 26.0. The topological polar surface area (TPSA) is 0 Å². The van der Waals surface area contributed by atoms with Crippen molar-refractivity contribution in [3.8, 4) is 89.0 Å². The number of fused-ring (bicyclic) bond motifs is 12. The van der Waals surface area contributed by atoms with Gasteiger partial charge in [-0.05, 0) is 0 Å². The number of aryl methyl sites for hydroxylation is 8. The average Bonchev–Trinajstić information content (AvgIpc) is 0.647. The standard InChI is InChI=1S/C112H56F28I/c1-41-9-25-49(26-10-41)57-61(53-33-17-45(5)18-34-53)77-73(69-65(57)81(113)93(125)97(129)85(69)117)89(121)101(133)105(137)109(77)141(110-78-62(54-35-19-46(6)20-36-54)58(50-27-11-42(2)12-28-50)66-70(74(78)90(122)102(134)106(110)138)86(118)98(130)94(126)82(66)114,111-79-63(55-37-21-47(7)22-38-55)59(51-29-13-43(3)14-30-51)67-71(75(79)91(123)103(135)107(111)139)87(119)99(131)95(127)83(67)115)112-80-64(56-39-23-48(8)24-40-56)60(52-31-15-44(4)16-32-52)68-72(76(80)92(124)104(136)108(112)140)88(120)100(132)96(128)84(68)116/h9-40H,1-8H3/q-1. The predicted molar refractivity (Wildman–Crippen MR) is 481 cm³/mol. The van der Waals surface area contributed by atoms with Crippen LogP contribution in [0.4, 0.5) is 123 Å². The van der Waals surface area contributed by atoms with Gasteiger partial charge in [-0.25, -0.2) is 0 Å². The molecule has 0 bridgehead atoms. The van der Waals surface area contributed by atoms with Gasteiger partial charge in [0, 0.05) is 0 Å². The molecule has 0 spiro atoms. The average molecular weight is 2060 g/mol. The van der Waals surface area contributed by atoms with Crippen LogP contribution < -0.4 is 18.4 Å². The van der Waals surface area contributed by atoms with Crippen LogP contribution in [0, 0.1) is 233 Å². The Bertz CT molecular complexity index is 7950. The van der Waals surface area contributed by atoms with Gasteiger partial charge in [0.05, 0.1) is 0 Å². The number of rotatable bonds is 12. The van der Waals surface area contributed by atoms with Crippen molar-refractivity contribution in [2.45, 2.75) is 55.4 Å². The van der Waals surface area contributed by atoms with Crippen LogP contribution in [0.15, 0.2) is 194 Å². The molecule has 20 rings (SSSR count). The van der Waals surface area contributed by atoms with E-state index < -0.39 is 371 Å². The van der Waals surface area contributed by atoms with Crippen molar-refractivity contribution < 1.29 is 141 Å². The van der Waals surface area contributed by atoms with E-state index in [1.807, 2.05) is 0 Å². The van der Waals surface area contributed by atoms with Gasteiger partial charge in [-0.3, -0.25) is 0 Å². The van der Waals surface area contributed by atoms with E-state index in [9.17, 15) is 0 Å². The molecule has 0 fully saturated rings. The Labute approximate surface area is 783 Å². The van der Waals surface area contributed by atoms with Crippen molar-refractivity contribution in [3.63, 3.8) is 0 Å². The Balaban J connectivity index is 1.33. The number of benzene rings is 20. The molecule has 0 atom stereocenters. The molecule has 141 heavy (non-hydrogen) atoms. The fraction of sp³-hybridized carbons (Fsp3) is 0.0714. The van der Waals surface area contributed by atoms with Crippen molar-refractivity contribution in [1.29, 1.82) is 0 Å². The Kier molecular flexibility index (Phi) is 22.5. The SMILES string of the molecule is Cc1ccc(-c2c(-c3ccc(C)cc3)c3c([I-](c4c(F)c(F)c(F)c5c4c(-c4ccc(C)cc4)c(-c4ccc(C)cc4)c4c(F)c(F)c(F)c(F)c45)(c4c(F)c(F)c(F)c5c4c(-c4ccc(C)cc4)c(-c4ccc(C)cc4)c4c(F)c(F)c(F)c(F)c45)c4c(F)c(F)c(F)c5c4c(-c4ccc(C)cc4)c(-c4ccc(C)cc4)c4c(F)c(F)c(F)c(F)c45)c(F)c(F)c(F)c3c3c(F)c(F)c(F)c(F)c23)cc1. The van der Waals surface area contributed by atoms with E-state index in [4.69, 9.17) is 0 Å². The van der Waals surface area contributed by atoms with Gasteiger partial charge >= 0.3 is 788 Å². The molecule has 0 saturated heterocycles. The van der Waals surface area contributed by atoms with Crippen LogP contribution in [0.25, 0.3) is 175 Å². The van der Waals surface area contributed by atoms with Crippen molar-refractivity contribution in [2.24, 2.45) is 0 Å². The van der Waals surface area contributed by atoms with E-state index in [1.54, 1.807) is 0 Å². The molecule has 708 valence electrons. The first-order chi connectivity index (χ1) is 67.0. The molecular weight excluding hydrogens is 2000 g/mol. The molecule has 20 aromatic rings. The van der Waals surface area contributed by atoms with Crippen LogP contribution in [0.3, 0.4) is 0 Å².